The summed E-state index contributed by atoms with van der Waals surface area (Å²) in [6, 6.07) is 23.9. The molecule has 1 aliphatic heterocycles. The van der Waals surface area contributed by atoms with E-state index in [0.29, 0.717) is 19.7 Å². The highest BCUT2D eigenvalue weighted by Gasteiger charge is 2.25. The van der Waals surface area contributed by atoms with Gasteiger partial charge in [-0.05, 0) is 17.0 Å². The second-order valence-electron chi connectivity index (χ2n) is 6.38. The molecule has 1 aliphatic rings. The molecule has 1 atom stereocenters. The van der Waals surface area contributed by atoms with Crippen LogP contribution in [0.3, 0.4) is 0 Å². The van der Waals surface area contributed by atoms with E-state index in [-0.39, 0.29) is 18.6 Å². The fraction of sp³-hybridized carbons (Fsp3) is 0.227. The zero-order valence-electron chi connectivity index (χ0n) is 14.5. The number of morpholine rings is 1. The molecule has 0 unspecified atom stereocenters. The minimum atomic E-state index is -0.0774. The van der Waals surface area contributed by atoms with Crippen molar-refractivity contribution in [2.75, 3.05) is 26.3 Å². The molecule has 26 heavy (non-hydrogen) atoms. The Labute approximate surface area is 153 Å². The smallest absolute Gasteiger partial charge is 0.260 e. The molecule has 1 amide bonds. The average Bonchev–Trinajstić information content (AvgIpc) is 2.72. The summed E-state index contributed by atoms with van der Waals surface area (Å²) in [5.41, 5.74) is 1.10. The first-order chi connectivity index (χ1) is 12.8. The van der Waals surface area contributed by atoms with Crippen molar-refractivity contribution in [2.45, 2.75) is 6.10 Å². The third-order valence-corrected chi connectivity index (χ3v) is 4.69. The van der Waals surface area contributed by atoms with E-state index < -0.39 is 0 Å². The second kappa shape index (κ2) is 7.58. The minimum Gasteiger partial charge on any atom is -0.483 e. The normalized spacial score (nSPS) is 17.2. The number of rotatable bonds is 4. The van der Waals surface area contributed by atoms with E-state index in [1.807, 2.05) is 77.7 Å². The maximum Gasteiger partial charge on any atom is 0.260 e. The Bertz CT molecular complexity index is 889. The van der Waals surface area contributed by atoms with E-state index in [2.05, 4.69) is 0 Å². The van der Waals surface area contributed by atoms with Crippen molar-refractivity contribution in [1.29, 1.82) is 0 Å². The molecule has 3 aromatic carbocycles. The molecule has 0 spiro atoms. The molecule has 0 aromatic heterocycles. The number of fused-ring (bicyclic) bond motifs is 1. The summed E-state index contributed by atoms with van der Waals surface area (Å²) in [5, 5.41) is 2.12. The number of hydrogen-bond acceptors (Lipinski definition) is 3. The van der Waals surface area contributed by atoms with Crippen molar-refractivity contribution in [1.82, 2.24) is 4.90 Å². The summed E-state index contributed by atoms with van der Waals surface area (Å²) < 4.78 is 11.7. The third-order valence-electron chi connectivity index (χ3n) is 4.69. The van der Waals surface area contributed by atoms with Crippen molar-refractivity contribution in [3.63, 3.8) is 0 Å². The van der Waals surface area contributed by atoms with Crippen LogP contribution in [0.1, 0.15) is 11.7 Å². The van der Waals surface area contributed by atoms with Gasteiger partial charge in [0.05, 0.1) is 13.2 Å². The van der Waals surface area contributed by atoms with Gasteiger partial charge < -0.3 is 14.4 Å². The van der Waals surface area contributed by atoms with E-state index in [4.69, 9.17) is 9.47 Å². The highest BCUT2D eigenvalue weighted by Crippen LogP contribution is 2.26. The quantitative estimate of drug-likeness (QED) is 0.720. The fourth-order valence-corrected chi connectivity index (χ4v) is 3.30. The van der Waals surface area contributed by atoms with Crippen molar-refractivity contribution < 1.29 is 14.3 Å². The zero-order chi connectivity index (χ0) is 17.8. The Morgan fingerprint density at radius 2 is 1.77 bits per heavy atom. The van der Waals surface area contributed by atoms with Gasteiger partial charge in [-0.15, -0.1) is 0 Å². The van der Waals surface area contributed by atoms with Gasteiger partial charge in [0.25, 0.3) is 5.91 Å². The van der Waals surface area contributed by atoms with Crippen molar-refractivity contribution in [2.24, 2.45) is 0 Å². The summed E-state index contributed by atoms with van der Waals surface area (Å²) in [6.07, 6.45) is -0.0774. The first-order valence-electron chi connectivity index (χ1n) is 8.86. The van der Waals surface area contributed by atoms with Crippen molar-refractivity contribution in [3.8, 4) is 5.75 Å². The zero-order valence-corrected chi connectivity index (χ0v) is 14.5. The Hall–Kier alpha value is -2.85. The first kappa shape index (κ1) is 16.6. The largest absolute Gasteiger partial charge is 0.483 e. The summed E-state index contributed by atoms with van der Waals surface area (Å²) in [7, 11) is 0. The van der Waals surface area contributed by atoms with Crippen molar-refractivity contribution in [3.05, 3.63) is 78.4 Å². The Balaban J connectivity index is 1.41. The van der Waals surface area contributed by atoms with E-state index in [9.17, 15) is 4.79 Å². The Morgan fingerprint density at radius 3 is 2.65 bits per heavy atom. The lowest BCUT2D eigenvalue weighted by Crippen LogP contribution is -2.44. The van der Waals surface area contributed by atoms with Gasteiger partial charge in [0, 0.05) is 11.9 Å². The Morgan fingerprint density at radius 1 is 1.00 bits per heavy atom. The second-order valence-corrected chi connectivity index (χ2v) is 6.38. The van der Waals surface area contributed by atoms with Crippen LogP contribution in [0.25, 0.3) is 10.8 Å². The van der Waals surface area contributed by atoms with Crippen LogP contribution in [-0.2, 0) is 9.53 Å². The van der Waals surface area contributed by atoms with Gasteiger partial charge in [0.1, 0.15) is 11.9 Å². The van der Waals surface area contributed by atoms with Gasteiger partial charge in [-0.3, -0.25) is 4.79 Å². The maximum absolute atomic E-state index is 12.6. The molecule has 0 bridgehead atoms. The van der Waals surface area contributed by atoms with Crippen LogP contribution in [-0.4, -0.2) is 37.1 Å². The van der Waals surface area contributed by atoms with Gasteiger partial charge in [-0.2, -0.15) is 0 Å². The lowest BCUT2D eigenvalue weighted by Gasteiger charge is -2.33. The fourth-order valence-electron chi connectivity index (χ4n) is 3.30. The van der Waals surface area contributed by atoms with Crippen LogP contribution in [0.2, 0.25) is 0 Å². The predicted molar refractivity (Wildman–Crippen MR) is 101 cm³/mol. The molecule has 4 heteroatoms. The van der Waals surface area contributed by atoms with E-state index in [0.717, 1.165) is 22.1 Å². The molecule has 0 saturated carbocycles. The molecular formula is C22H21NO3. The van der Waals surface area contributed by atoms with Crippen LogP contribution in [0.4, 0.5) is 0 Å². The van der Waals surface area contributed by atoms with Gasteiger partial charge in [0.15, 0.2) is 6.61 Å². The topological polar surface area (TPSA) is 38.8 Å². The molecule has 3 aromatic rings. The van der Waals surface area contributed by atoms with Crippen LogP contribution in [0.5, 0.6) is 5.75 Å². The lowest BCUT2D eigenvalue weighted by atomic mass is 10.1. The number of hydrogen-bond donors (Lipinski definition) is 0. The molecule has 4 nitrogen and oxygen atoms in total. The van der Waals surface area contributed by atoms with Crippen molar-refractivity contribution >= 4 is 16.7 Å². The van der Waals surface area contributed by atoms with Gasteiger partial charge in [-0.1, -0.05) is 66.7 Å². The molecule has 132 valence electrons. The summed E-state index contributed by atoms with van der Waals surface area (Å²) in [4.78, 5) is 14.5. The Kier molecular flexibility index (Phi) is 4.84. The van der Waals surface area contributed by atoms with Crippen LogP contribution < -0.4 is 4.74 Å². The molecule has 0 radical (unpaired) electrons. The molecule has 0 aliphatic carbocycles. The number of carbonyl (C=O) groups excluding carboxylic acids is 1. The maximum atomic E-state index is 12.6. The monoisotopic (exact) mass is 347 g/mol. The highest BCUT2D eigenvalue weighted by molar-refractivity contribution is 5.88. The van der Waals surface area contributed by atoms with Crippen LogP contribution in [0, 0.1) is 0 Å². The number of amides is 1. The van der Waals surface area contributed by atoms with Gasteiger partial charge in [0.2, 0.25) is 0 Å². The summed E-state index contributed by atoms with van der Waals surface area (Å²) in [5.74, 6) is 0.728. The third kappa shape index (κ3) is 3.55. The molecule has 1 saturated heterocycles. The minimum absolute atomic E-state index is 0.0119. The molecule has 4 rings (SSSR count). The van der Waals surface area contributed by atoms with E-state index >= 15 is 0 Å². The number of ether oxygens (including phenoxy) is 2. The average molecular weight is 347 g/mol. The first-order valence-corrected chi connectivity index (χ1v) is 8.86. The van der Waals surface area contributed by atoms with Gasteiger partial charge >= 0.3 is 0 Å². The predicted octanol–water partition coefficient (Wildman–Crippen LogP) is 3.82. The summed E-state index contributed by atoms with van der Waals surface area (Å²) in [6.45, 7) is 1.73. The lowest BCUT2D eigenvalue weighted by molar-refractivity contribution is -0.141. The molecule has 1 heterocycles. The number of carbonyl (C=O) groups is 1. The number of nitrogens with zero attached hydrogens (tertiary/aromatic N) is 1. The molecular weight excluding hydrogens is 326 g/mol. The molecule has 0 N–H and O–H groups in total. The van der Waals surface area contributed by atoms with Crippen LogP contribution >= 0.6 is 0 Å². The van der Waals surface area contributed by atoms with E-state index in [1.165, 1.54) is 0 Å². The van der Waals surface area contributed by atoms with Gasteiger partial charge in [-0.25, -0.2) is 0 Å². The number of benzene rings is 3. The SMILES string of the molecule is O=C(COc1cccc2ccccc12)N1CCO[C@H](c2ccccc2)C1. The molecule has 1 fully saturated rings. The highest BCUT2D eigenvalue weighted by atomic mass is 16.5. The summed E-state index contributed by atoms with van der Waals surface area (Å²) >= 11 is 0. The van der Waals surface area contributed by atoms with Crippen LogP contribution in [0.15, 0.2) is 72.8 Å². The van der Waals surface area contributed by atoms with E-state index in [1.54, 1.807) is 0 Å². The standard InChI is InChI=1S/C22H21NO3/c24-22(16-26-20-12-6-10-17-7-4-5-11-19(17)20)23-13-14-25-21(15-23)18-8-2-1-3-9-18/h1-12,21H,13-16H2/t21-/m0/s1.